The smallest absolute Gasteiger partial charge is 0.254 e. The van der Waals surface area contributed by atoms with Gasteiger partial charge in [-0.3, -0.25) is 9.59 Å². The first kappa shape index (κ1) is 20.3. The number of halogens is 1. The number of hydrogen-bond acceptors (Lipinski definition) is 6. The maximum atomic E-state index is 14.4. The predicted molar refractivity (Wildman–Crippen MR) is 108 cm³/mol. The largest absolute Gasteiger partial charge is 0.378 e. The van der Waals surface area contributed by atoms with Gasteiger partial charge in [-0.2, -0.15) is 0 Å². The fourth-order valence-corrected chi connectivity index (χ4v) is 3.51. The molecule has 1 aliphatic rings. The molecule has 0 aliphatic carbocycles. The molecule has 7 nitrogen and oxygen atoms in total. The van der Waals surface area contributed by atoms with E-state index >= 15 is 0 Å². The van der Waals surface area contributed by atoms with E-state index < -0.39 is 0 Å². The van der Waals surface area contributed by atoms with Gasteiger partial charge in [-0.25, -0.2) is 9.37 Å². The van der Waals surface area contributed by atoms with E-state index in [9.17, 15) is 14.0 Å². The van der Waals surface area contributed by atoms with Crippen molar-refractivity contribution < 1.29 is 13.9 Å². The zero-order valence-corrected chi connectivity index (χ0v) is 16.7. The van der Waals surface area contributed by atoms with Crippen LogP contribution in [0.2, 0.25) is 0 Å². The number of morpholine rings is 1. The van der Waals surface area contributed by atoms with Gasteiger partial charge in [0.15, 0.2) is 5.16 Å². The molecule has 1 saturated heterocycles. The maximum Gasteiger partial charge on any atom is 0.254 e. The highest BCUT2D eigenvalue weighted by Crippen LogP contribution is 2.24. The van der Waals surface area contributed by atoms with Crippen LogP contribution in [0.4, 0.5) is 15.8 Å². The third kappa shape index (κ3) is 4.90. The summed E-state index contributed by atoms with van der Waals surface area (Å²) in [5.41, 5.74) is 1.76. The number of anilines is 2. The predicted octanol–water partition coefficient (Wildman–Crippen LogP) is 2.35. The molecule has 2 N–H and O–H groups in total. The summed E-state index contributed by atoms with van der Waals surface area (Å²) in [4.78, 5) is 33.3. The molecule has 3 rings (SSSR count). The first-order valence-electron chi connectivity index (χ1n) is 9.04. The molecule has 1 aromatic carbocycles. The lowest BCUT2D eigenvalue weighted by atomic mass is 10.1. The van der Waals surface area contributed by atoms with Crippen molar-refractivity contribution in [3.8, 4) is 0 Å². The van der Waals surface area contributed by atoms with E-state index in [-0.39, 0.29) is 30.1 Å². The Morgan fingerprint density at radius 3 is 2.79 bits per heavy atom. The summed E-state index contributed by atoms with van der Waals surface area (Å²) < 4.78 is 19.7. The van der Waals surface area contributed by atoms with Crippen molar-refractivity contribution >= 4 is 29.0 Å². The van der Waals surface area contributed by atoms with Crippen LogP contribution in [-0.2, 0) is 16.0 Å². The Kier molecular flexibility index (Phi) is 6.69. The van der Waals surface area contributed by atoms with E-state index in [4.69, 9.17) is 4.74 Å². The van der Waals surface area contributed by atoms with Crippen LogP contribution < -0.4 is 15.8 Å². The van der Waals surface area contributed by atoms with Gasteiger partial charge < -0.3 is 19.9 Å². The minimum absolute atomic E-state index is 0.108. The van der Waals surface area contributed by atoms with Crippen LogP contribution in [0.15, 0.2) is 28.2 Å². The Labute approximate surface area is 166 Å². The van der Waals surface area contributed by atoms with Crippen LogP contribution in [0.5, 0.6) is 0 Å². The Balaban J connectivity index is 1.61. The number of amides is 1. The van der Waals surface area contributed by atoms with Crippen LogP contribution in [0, 0.1) is 12.7 Å². The summed E-state index contributed by atoms with van der Waals surface area (Å²) in [5.74, 6) is -0.671. The van der Waals surface area contributed by atoms with Crippen molar-refractivity contribution in [3.63, 3.8) is 0 Å². The average Bonchev–Trinajstić information content (AvgIpc) is 2.68. The van der Waals surface area contributed by atoms with Crippen LogP contribution in [-0.4, -0.2) is 48.4 Å². The molecule has 2 aromatic rings. The molecule has 1 fully saturated rings. The van der Waals surface area contributed by atoms with Gasteiger partial charge in [-0.1, -0.05) is 11.8 Å². The van der Waals surface area contributed by atoms with Crippen molar-refractivity contribution in [2.45, 2.75) is 24.9 Å². The Morgan fingerprint density at radius 2 is 2.14 bits per heavy atom. The average molecular weight is 406 g/mol. The van der Waals surface area contributed by atoms with Crippen molar-refractivity contribution in [1.29, 1.82) is 0 Å². The highest BCUT2D eigenvalue weighted by atomic mass is 32.2. The van der Waals surface area contributed by atoms with E-state index in [0.717, 1.165) is 0 Å². The van der Waals surface area contributed by atoms with Gasteiger partial charge in [0.25, 0.3) is 5.56 Å². The van der Waals surface area contributed by atoms with Crippen LogP contribution in [0.25, 0.3) is 0 Å². The number of thioether (sulfide) groups is 1. The zero-order valence-electron chi connectivity index (χ0n) is 15.9. The molecule has 28 heavy (non-hydrogen) atoms. The van der Waals surface area contributed by atoms with Crippen LogP contribution in [0.3, 0.4) is 0 Å². The number of aromatic nitrogens is 2. The standard InChI is InChI=1S/C19H23FN4O3S/c1-12-14(18(26)23-19(21-12)28-2)4-6-17(25)22-13-3-5-16(15(20)11-13)24-7-9-27-10-8-24/h3,5,11H,4,6-10H2,1-2H3,(H,22,25)(H,21,23,26). The monoisotopic (exact) mass is 406 g/mol. The van der Waals surface area contributed by atoms with Crippen molar-refractivity contribution in [1.82, 2.24) is 9.97 Å². The number of benzene rings is 1. The fourth-order valence-electron chi connectivity index (χ4n) is 3.08. The molecular weight excluding hydrogens is 383 g/mol. The van der Waals surface area contributed by atoms with Crippen molar-refractivity contribution in [3.05, 3.63) is 45.6 Å². The summed E-state index contributed by atoms with van der Waals surface area (Å²) in [6.45, 7) is 4.17. The summed E-state index contributed by atoms with van der Waals surface area (Å²) in [7, 11) is 0. The minimum Gasteiger partial charge on any atom is -0.378 e. The molecule has 0 atom stereocenters. The molecule has 2 heterocycles. The molecule has 0 unspecified atom stereocenters. The molecule has 0 saturated carbocycles. The molecule has 0 spiro atoms. The summed E-state index contributed by atoms with van der Waals surface area (Å²) in [6, 6.07) is 4.66. The third-order valence-corrected chi connectivity index (χ3v) is 5.16. The number of aromatic amines is 1. The van der Waals surface area contributed by atoms with E-state index in [1.54, 1.807) is 19.1 Å². The lowest BCUT2D eigenvalue weighted by Gasteiger charge is -2.29. The van der Waals surface area contributed by atoms with Crippen LogP contribution in [0.1, 0.15) is 17.7 Å². The van der Waals surface area contributed by atoms with E-state index in [1.165, 1.54) is 17.8 Å². The molecule has 9 heteroatoms. The van der Waals surface area contributed by atoms with Gasteiger partial charge in [-0.05, 0) is 37.8 Å². The minimum atomic E-state index is -0.385. The molecule has 1 aliphatic heterocycles. The number of H-pyrrole nitrogens is 1. The van der Waals surface area contributed by atoms with Gasteiger partial charge in [0, 0.05) is 36.5 Å². The number of nitrogens with one attached hydrogen (secondary N) is 2. The Bertz CT molecular complexity index is 913. The number of rotatable bonds is 6. The Hall–Kier alpha value is -2.39. The quantitative estimate of drug-likeness (QED) is 0.566. The second kappa shape index (κ2) is 9.20. The number of nitrogens with zero attached hydrogens (tertiary/aromatic N) is 2. The number of ether oxygens (including phenoxy) is 1. The highest BCUT2D eigenvalue weighted by molar-refractivity contribution is 7.98. The van der Waals surface area contributed by atoms with Gasteiger partial charge in [-0.15, -0.1) is 0 Å². The Morgan fingerprint density at radius 1 is 1.39 bits per heavy atom. The van der Waals surface area contributed by atoms with Gasteiger partial charge >= 0.3 is 0 Å². The number of carbonyl (C=O) groups is 1. The summed E-state index contributed by atoms with van der Waals surface area (Å²) in [5, 5.41) is 3.23. The van der Waals surface area contributed by atoms with E-state index in [0.29, 0.717) is 54.1 Å². The first-order chi connectivity index (χ1) is 13.5. The van der Waals surface area contributed by atoms with Crippen molar-refractivity contribution in [2.24, 2.45) is 0 Å². The number of aryl methyl sites for hydroxylation is 1. The van der Waals surface area contributed by atoms with E-state index in [1.807, 2.05) is 11.2 Å². The number of hydrogen-bond donors (Lipinski definition) is 2. The van der Waals surface area contributed by atoms with Gasteiger partial charge in [0.05, 0.1) is 18.9 Å². The molecule has 0 bridgehead atoms. The summed E-state index contributed by atoms with van der Waals surface area (Å²) >= 11 is 1.35. The highest BCUT2D eigenvalue weighted by Gasteiger charge is 2.16. The van der Waals surface area contributed by atoms with E-state index in [2.05, 4.69) is 15.3 Å². The lowest BCUT2D eigenvalue weighted by Crippen LogP contribution is -2.36. The second-order valence-electron chi connectivity index (χ2n) is 6.45. The van der Waals surface area contributed by atoms with Crippen molar-refractivity contribution in [2.75, 3.05) is 42.8 Å². The second-order valence-corrected chi connectivity index (χ2v) is 7.25. The number of carbonyl (C=O) groups excluding carboxylic acids is 1. The zero-order chi connectivity index (χ0) is 20.1. The maximum absolute atomic E-state index is 14.4. The van der Waals surface area contributed by atoms with Crippen LogP contribution >= 0.6 is 11.8 Å². The fraction of sp³-hybridized carbons (Fsp3) is 0.421. The SMILES string of the molecule is CSc1nc(C)c(CCC(=O)Nc2ccc(N3CCOCC3)c(F)c2)c(=O)[nH]1. The summed E-state index contributed by atoms with van der Waals surface area (Å²) in [6.07, 6.45) is 2.20. The normalized spacial score (nSPS) is 14.2. The molecule has 1 amide bonds. The van der Waals surface area contributed by atoms with Gasteiger partial charge in [0.1, 0.15) is 5.82 Å². The molecular formula is C19H23FN4O3S. The first-order valence-corrected chi connectivity index (χ1v) is 10.3. The van der Waals surface area contributed by atoms with Gasteiger partial charge in [0.2, 0.25) is 5.91 Å². The molecule has 150 valence electrons. The third-order valence-electron chi connectivity index (χ3n) is 4.58. The topological polar surface area (TPSA) is 87.3 Å². The molecule has 0 radical (unpaired) electrons. The lowest BCUT2D eigenvalue weighted by molar-refractivity contribution is -0.116. The molecule has 1 aromatic heterocycles.